The molecule has 0 saturated carbocycles. The monoisotopic (exact) mass is 502 g/mol. The van der Waals surface area contributed by atoms with E-state index >= 15 is 0 Å². The van der Waals surface area contributed by atoms with Gasteiger partial charge < -0.3 is 9.47 Å². The number of methoxy groups -OCH3 is 1. The predicted molar refractivity (Wildman–Crippen MR) is 137 cm³/mol. The number of halogens is 1. The third kappa shape index (κ3) is 4.03. The summed E-state index contributed by atoms with van der Waals surface area (Å²) in [6.45, 7) is 3.66. The molecule has 0 fully saturated rings. The van der Waals surface area contributed by atoms with E-state index in [1.165, 1.54) is 28.0 Å². The molecule has 1 aliphatic rings. The van der Waals surface area contributed by atoms with Crippen LogP contribution in [0.25, 0.3) is 16.8 Å². The van der Waals surface area contributed by atoms with Gasteiger partial charge in [0.1, 0.15) is 17.6 Å². The predicted octanol–water partition coefficient (Wildman–Crippen LogP) is 4.10. The van der Waals surface area contributed by atoms with Crippen molar-refractivity contribution >= 4 is 34.2 Å². The number of aromatic nitrogens is 1. The summed E-state index contributed by atoms with van der Waals surface area (Å²) in [5.41, 5.74) is 1.82. The van der Waals surface area contributed by atoms with Gasteiger partial charge in [-0.25, -0.2) is 14.2 Å². The van der Waals surface area contributed by atoms with E-state index in [-0.39, 0.29) is 23.6 Å². The molecule has 1 aliphatic heterocycles. The largest absolute Gasteiger partial charge is 0.496 e. The number of hydrogen-bond acceptors (Lipinski definition) is 6. The number of hydrogen-bond donors (Lipinski definition) is 0. The van der Waals surface area contributed by atoms with E-state index in [4.69, 9.17) is 9.47 Å². The first-order valence-corrected chi connectivity index (χ1v) is 12.3. The van der Waals surface area contributed by atoms with Crippen LogP contribution in [-0.4, -0.2) is 24.3 Å². The summed E-state index contributed by atoms with van der Waals surface area (Å²) in [5.74, 6) is -0.346. The zero-order valence-electron chi connectivity index (χ0n) is 19.9. The molecule has 1 aromatic heterocycles. The van der Waals surface area contributed by atoms with Crippen molar-refractivity contribution in [3.8, 4) is 5.75 Å². The molecule has 2 heterocycles. The Labute approximate surface area is 210 Å². The van der Waals surface area contributed by atoms with Crippen LogP contribution in [-0.2, 0) is 9.53 Å². The van der Waals surface area contributed by atoms with E-state index in [0.29, 0.717) is 31.9 Å². The van der Waals surface area contributed by atoms with Crippen molar-refractivity contribution < 1.29 is 18.7 Å². The first-order valence-electron chi connectivity index (χ1n) is 11.4. The molecule has 182 valence electrons. The number of allylic oxidation sites excluding steroid dienone is 1. The molecule has 0 saturated heterocycles. The highest BCUT2D eigenvalue weighted by molar-refractivity contribution is 7.07. The Morgan fingerprint density at radius 1 is 1.14 bits per heavy atom. The van der Waals surface area contributed by atoms with Gasteiger partial charge in [0.25, 0.3) is 5.56 Å². The number of carbonyl (C=O) groups excluding carboxylic acids is 1. The minimum atomic E-state index is -0.809. The molecule has 0 amide bonds. The fourth-order valence-corrected chi connectivity index (χ4v) is 5.56. The van der Waals surface area contributed by atoms with E-state index in [2.05, 4.69) is 4.99 Å². The van der Waals surface area contributed by atoms with Crippen LogP contribution in [0.2, 0.25) is 0 Å². The molecule has 4 aromatic rings. The van der Waals surface area contributed by atoms with Crippen LogP contribution in [0.3, 0.4) is 0 Å². The SMILES string of the molecule is CCOC(=O)C1=C(C)N=c2sc(=Cc3ccc(F)cc3)c(=O)n2C1c1c(OC)ccc2ccccc12. The average molecular weight is 503 g/mol. The molecule has 8 heteroatoms. The molecular weight excluding hydrogens is 479 g/mol. The first kappa shape index (κ1) is 23.7. The zero-order valence-corrected chi connectivity index (χ0v) is 20.8. The summed E-state index contributed by atoms with van der Waals surface area (Å²) < 4.78 is 26.5. The Bertz CT molecular complexity index is 1700. The lowest BCUT2D eigenvalue weighted by Crippen LogP contribution is -2.40. The van der Waals surface area contributed by atoms with Crippen molar-refractivity contribution in [2.75, 3.05) is 13.7 Å². The Morgan fingerprint density at radius 3 is 2.61 bits per heavy atom. The Morgan fingerprint density at radius 2 is 1.89 bits per heavy atom. The fraction of sp³-hybridized carbons (Fsp3) is 0.179. The van der Waals surface area contributed by atoms with E-state index in [1.54, 1.807) is 39.2 Å². The molecule has 0 bridgehead atoms. The molecular formula is C28H23FN2O4S. The van der Waals surface area contributed by atoms with Gasteiger partial charge in [0, 0.05) is 5.56 Å². The first-order chi connectivity index (χ1) is 17.4. The molecule has 0 aliphatic carbocycles. The van der Waals surface area contributed by atoms with Crippen molar-refractivity contribution in [3.63, 3.8) is 0 Å². The summed E-state index contributed by atoms with van der Waals surface area (Å²) in [6, 6.07) is 16.6. The lowest BCUT2D eigenvalue weighted by atomic mass is 9.90. The number of carbonyl (C=O) groups is 1. The maximum absolute atomic E-state index is 13.8. The van der Waals surface area contributed by atoms with E-state index < -0.39 is 12.0 Å². The minimum Gasteiger partial charge on any atom is -0.496 e. The second-order valence-corrected chi connectivity index (χ2v) is 9.27. The molecule has 1 atom stereocenters. The smallest absolute Gasteiger partial charge is 0.338 e. The third-order valence-corrected chi connectivity index (χ3v) is 7.09. The molecule has 3 aromatic carbocycles. The summed E-state index contributed by atoms with van der Waals surface area (Å²) in [4.78, 5) is 32.1. The van der Waals surface area contributed by atoms with Crippen LogP contribution >= 0.6 is 11.3 Å². The molecule has 36 heavy (non-hydrogen) atoms. The van der Waals surface area contributed by atoms with Gasteiger partial charge >= 0.3 is 5.97 Å². The quantitative estimate of drug-likeness (QED) is 0.386. The van der Waals surface area contributed by atoms with Crippen molar-refractivity contribution in [1.29, 1.82) is 0 Å². The Balaban J connectivity index is 1.84. The molecule has 5 rings (SSSR count). The lowest BCUT2D eigenvalue weighted by Gasteiger charge is -2.27. The highest BCUT2D eigenvalue weighted by atomic mass is 32.1. The van der Waals surface area contributed by atoms with Gasteiger partial charge in [-0.2, -0.15) is 0 Å². The second-order valence-electron chi connectivity index (χ2n) is 8.26. The van der Waals surface area contributed by atoms with E-state index in [1.807, 2.05) is 36.4 Å². The molecule has 6 nitrogen and oxygen atoms in total. The van der Waals surface area contributed by atoms with Gasteiger partial charge in [-0.3, -0.25) is 9.36 Å². The number of esters is 1. The average Bonchev–Trinajstić information content (AvgIpc) is 3.18. The molecule has 0 spiro atoms. The highest BCUT2D eigenvalue weighted by Gasteiger charge is 2.36. The van der Waals surface area contributed by atoms with Crippen LogP contribution in [0, 0.1) is 5.82 Å². The summed E-state index contributed by atoms with van der Waals surface area (Å²) in [5, 5.41) is 1.80. The van der Waals surface area contributed by atoms with Crippen molar-refractivity contribution in [3.05, 3.63) is 109 Å². The van der Waals surface area contributed by atoms with Gasteiger partial charge in [-0.05, 0) is 54.5 Å². The topological polar surface area (TPSA) is 69.9 Å². The van der Waals surface area contributed by atoms with Crippen molar-refractivity contribution in [2.45, 2.75) is 19.9 Å². The van der Waals surface area contributed by atoms with Crippen molar-refractivity contribution in [2.24, 2.45) is 4.99 Å². The number of nitrogens with zero attached hydrogens (tertiary/aromatic N) is 2. The number of rotatable bonds is 5. The summed E-state index contributed by atoms with van der Waals surface area (Å²) in [6.07, 6.45) is 1.70. The highest BCUT2D eigenvalue weighted by Crippen LogP contribution is 2.40. The van der Waals surface area contributed by atoms with Crippen LogP contribution in [0.1, 0.15) is 31.0 Å². The van der Waals surface area contributed by atoms with Crippen molar-refractivity contribution in [1.82, 2.24) is 4.57 Å². The van der Waals surface area contributed by atoms with Crippen LogP contribution in [0.5, 0.6) is 5.75 Å². The standard InChI is InChI=1S/C28H23FN2O4S/c1-4-35-27(33)23-16(2)30-28-31(26(32)22(36-28)15-17-9-12-19(29)13-10-17)25(23)24-20-8-6-5-7-18(20)11-14-21(24)34-3/h5-15,25H,4H2,1-3H3. The minimum absolute atomic E-state index is 0.185. The van der Waals surface area contributed by atoms with Crippen LogP contribution in [0.4, 0.5) is 4.39 Å². The van der Waals surface area contributed by atoms with Gasteiger partial charge in [0.15, 0.2) is 4.80 Å². The number of ether oxygens (including phenoxy) is 2. The Hall–Kier alpha value is -4.04. The van der Waals surface area contributed by atoms with Gasteiger partial charge in [0.2, 0.25) is 0 Å². The fourth-order valence-electron chi connectivity index (χ4n) is 4.51. The normalized spacial score (nSPS) is 15.6. The molecule has 0 radical (unpaired) electrons. The number of thiazole rings is 1. The second kappa shape index (κ2) is 9.54. The van der Waals surface area contributed by atoms with E-state index in [9.17, 15) is 14.0 Å². The zero-order chi connectivity index (χ0) is 25.4. The van der Waals surface area contributed by atoms with Gasteiger partial charge in [0.05, 0.1) is 29.5 Å². The summed E-state index contributed by atoms with van der Waals surface area (Å²) >= 11 is 1.22. The number of benzene rings is 3. The Kier molecular flexibility index (Phi) is 6.28. The maximum atomic E-state index is 13.8. The molecule has 0 N–H and O–H groups in total. The summed E-state index contributed by atoms with van der Waals surface area (Å²) in [7, 11) is 1.56. The van der Waals surface area contributed by atoms with Crippen LogP contribution in [0.15, 0.2) is 81.7 Å². The lowest BCUT2D eigenvalue weighted by molar-refractivity contribution is -0.139. The van der Waals surface area contributed by atoms with Crippen LogP contribution < -0.4 is 19.6 Å². The maximum Gasteiger partial charge on any atom is 0.338 e. The van der Waals surface area contributed by atoms with Gasteiger partial charge in [-0.15, -0.1) is 0 Å². The number of fused-ring (bicyclic) bond motifs is 2. The third-order valence-electron chi connectivity index (χ3n) is 6.11. The molecule has 1 unspecified atom stereocenters. The van der Waals surface area contributed by atoms with Gasteiger partial charge in [-0.1, -0.05) is 53.8 Å². The van der Waals surface area contributed by atoms with E-state index in [0.717, 1.165) is 10.8 Å².